The Kier molecular flexibility index (Phi) is 44.3. The number of carbonyl (C=O) groups excluding carboxylic acids is 2. The highest BCUT2D eigenvalue weighted by molar-refractivity contribution is 7.46. The molecule has 0 aromatic heterocycles. The molecule has 0 radical (unpaired) electrons. The molecule has 2 heterocycles. The highest BCUT2D eigenvalue weighted by atomic mass is 31.2. The molecule has 11 atom stereocenters. The number of aliphatic hydroxyl groups is 2. The number of unbranched alkanes of at least 4 members (excludes halogenated alkanes) is 28. The predicted molar refractivity (Wildman–Crippen MR) is 318 cm³/mol. The zero-order chi connectivity index (χ0) is 61.0. The van der Waals surface area contributed by atoms with Crippen LogP contribution in [0, 0.1) is 0 Å². The predicted octanol–water partition coefficient (Wildman–Crippen LogP) is 12.5. The molecule has 2 aliphatic heterocycles. The Balaban J connectivity index is 2.28. The normalized spacial score (nSPS) is 23.6. The summed E-state index contributed by atoms with van der Waals surface area (Å²) in [5.41, 5.74) is 0. The molecule has 83 heavy (non-hydrogen) atoms. The number of carboxylic acid groups (broad SMARTS) is 1. The molecule has 0 aromatic rings. The molecule has 7 N–H and O–H groups in total. The Bertz CT molecular complexity index is 1700. The Morgan fingerprint density at radius 2 is 1.10 bits per heavy atom. The van der Waals surface area contributed by atoms with E-state index in [2.05, 4.69) is 50.5 Å². The lowest BCUT2D eigenvalue weighted by atomic mass is 9.91. The minimum absolute atomic E-state index is 0.00461. The van der Waals surface area contributed by atoms with Gasteiger partial charge in [0.2, 0.25) is 6.41 Å². The molecule has 0 saturated carbocycles. The standard InChI is InChI=1S/C62H115F2N2O16P/c1-5-9-13-17-20-23-25-26-28-31-34-38-43-76-49(40-36-32-16-12-8-4)41-45-78-57-53(65-48-68)60(81-50(46-67)55(57)82-83(73,74)75)79-47-51-54(69)56(77-44-39-35-30-22-19-15-11-7-3)52(58(80-51)59(70)71)66-61(72)62(63,64)42-37-33-29-27-24-21-18-14-10-6-2/h23,25,48-58,60,67,69H,5-22,24,26-47H2,1-4H3,(H,65,68)(H,66,72)(H,70,71)(H2,73,74,75)/b25-23-/t49-,50-,51-,52-,53-,54-,55-,56-,57-,58+,60-/m1/s1. The first-order chi connectivity index (χ1) is 40.1. The molecule has 0 bridgehead atoms. The number of ether oxygens (including phenoxy) is 6. The van der Waals surface area contributed by atoms with E-state index in [9.17, 15) is 44.1 Å². The number of carboxylic acids is 1. The van der Waals surface area contributed by atoms with Crippen LogP contribution < -0.4 is 10.6 Å². The summed E-state index contributed by atoms with van der Waals surface area (Å²) in [6, 6.07) is -3.14. The third-order valence-corrected chi connectivity index (χ3v) is 16.4. The smallest absolute Gasteiger partial charge is 0.470 e. The van der Waals surface area contributed by atoms with E-state index in [1.54, 1.807) is 0 Å². The Morgan fingerprint density at radius 1 is 0.602 bits per heavy atom. The number of aliphatic hydroxyl groups excluding tert-OH is 2. The van der Waals surface area contributed by atoms with Gasteiger partial charge in [-0.3, -0.25) is 14.1 Å². The molecule has 0 spiro atoms. The van der Waals surface area contributed by atoms with Gasteiger partial charge < -0.3 is 64.2 Å². The lowest BCUT2D eigenvalue weighted by Gasteiger charge is -2.47. The maximum Gasteiger partial charge on any atom is 0.470 e. The van der Waals surface area contributed by atoms with E-state index >= 15 is 8.78 Å². The summed E-state index contributed by atoms with van der Waals surface area (Å²) < 4.78 is 85.7. The maximum absolute atomic E-state index is 15.6. The zero-order valence-corrected chi connectivity index (χ0v) is 52.4. The van der Waals surface area contributed by atoms with Gasteiger partial charge in [0.1, 0.15) is 42.7 Å². The van der Waals surface area contributed by atoms with Crippen molar-refractivity contribution in [2.45, 2.75) is 332 Å². The van der Waals surface area contributed by atoms with Crippen LogP contribution in [-0.2, 0) is 51.9 Å². The van der Waals surface area contributed by atoms with Gasteiger partial charge in [0.25, 0.3) is 5.91 Å². The average molecular weight is 1210 g/mol. The molecular formula is C62H115F2N2O16P. The van der Waals surface area contributed by atoms with Crippen LogP contribution >= 0.6 is 7.82 Å². The van der Waals surface area contributed by atoms with E-state index in [0.717, 1.165) is 161 Å². The van der Waals surface area contributed by atoms with Gasteiger partial charge in [-0.25, -0.2) is 9.36 Å². The monoisotopic (exact) mass is 1210 g/mol. The van der Waals surface area contributed by atoms with Crippen molar-refractivity contribution in [2.75, 3.05) is 33.0 Å². The van der Waals surface area contributed by atoms with Gasteiger partial charge in [-0.15, -0.1) is 0 Å². The van der Waals surface area contributed by atoms with Crippen LogP contribution in [0.4, 0.5) is 8.78 Å². The summed E-state index contributed by atoms with van der Waals surface area (Å²) in [6.45, 7) is 7.61. The van der Waals surface area contributed by atoms with Gasteiger partial charge in [0.15, 0.2) is 12.4 Å². The van der Waals surface area contributed by atoms with Crippen molar-refractivity contribution in [2.24, 2.45) is 0 Å². The number of amides is 2. The summed E-state index contributed by atoms with van der Waals surface area (Å²) in [5, 5.41) is 37.8. The summed E-state index contributed by atoms with van der Waals surface area (Å²) in [7, 11) is -5.29. The second-order valence-corrected chi connectivity index (χ2v) is 24.3. The molecule has 488 valence electrons. The lowest BCUT2D eigenvalue weighted by molar-refractivity contribution is -0.289. The van der Waals surface area contributed by atoms with E-state index in [0.29, 0.717) is 32.3 Å². The van der Waals surface area contributed by atoms with Crippen molar-refractivity contribution in [3.63, 3.8) is 0 Å². The molecule has 0 unspecified atom stereocenters. The van der Waals surface area contributed by atoms with Crippen molar-refractivity contribution < 1.29 is 85.8 Å². The topological polar surface area (TPSA) is 258 Å². The average Bonchev–Trinajstić information content (AvgIpc) is 3.58. The molecule has 2 fully saturated rings. The fourth-order valence-corrected chi connectivity index (χ4v) is 11.5. The molecule has 2 saturated heterocycles. The number of phosphoric ester groups is 1. The molecule has 21 heteroatoms. The number of hydrogen-bond donors (Lipinski definition) is 7. The number of nitrogens with one attached hydrogen (secondary N) is 2. The second-order valence-electron chi connectivity index (χ2n) is 23.1. The first-order valence-electron chi connectivity index (χ1n) is 32.6. The Morgan fingerprint density at radius 3 is 1.63 bits per heavy atom. The Labute approximate surface area is 498 Å². The fraction of sp³-hybridized carbons (Fsp3) is 0.919. The molecule has 2 rings (SSSR count). The number of rotatable bonds is 55. The van der Waals surface area contributed by atoms with Gasteiger partial charge in [0.05, 0.1) is 25.4 Å². The van der Waals surface area contributed by atoms with E-state index in [1.165, 1.54) is 38.5 Å². The molecule has 2 amide bonds. The molecule has 18 nitrogen and oxygen atoms in total. The minimum Gasteiger partial charge on any atom is -0.479 e. The van der Waals surface area contributed by atoms with Gasteiger partial charge in [-0.05, 0) is 57.8 Å². The quantitative estimate of drug-likeness (QED) is 0.0129. The summed E-state index contributed by atoms with van der Waals surface area (Å²) in [6.07, 6.45) is 24.9. The van der Waals surface area contributed by atoms with Crippen molar-refractivity contribution in [3.05, 3.63) is 12.2 Å². The highest BCUT2D eigenvalue weighted by Crippen LogP contribution is 2.42. The Hall–Kier alpha value is -2.20. The van der Waals surface area contributed by atoms with Crippen LogP contribution in [0.25, 0.3) is 0 Å². The molecule has 0 aromatic carbocycles. The van der Waals surface area contributed by atoms with Crippen LogP contribution in [0.5, 0.6) is 0 Å². The van der Waals surface area contributed by atoms with Crippen LogP contribution in [-0.4, -0.2) is 150 Å². The molecule has 2 aliphatic rings. The van der Waals surface area contributed by atoms with Crippen LogP contribution in [0.2, 0.25) is 0 Å². The number of hydrogen-bond acceptors (Lipinski definition) is 13. The highest BCUT2D eigenvalue weighted by Gasteiger charge is 2.54. The lowest BCUT2D eigenvalue weighted by Crippen LogP contribution is -2.68. The van der Waals surface area contributed by atoms with Gasteiger partial charge in [-0.2, -0.15) is 8.78 Å². The molecular weight excluding hydrogens is 1100 g/mol. The fourth-order valence-electron chi connectivity index (χ4n) is 11.0. The summed E-state index contributed by atoms with van der Waals surface area (Å²) in [4.78, 5) is 58.8. The van der Waals surface area contributed by atoms with Crippen molar-refractivity contribution in [1.29, 1.82) is 0 Å². The van der Waals surface area contributed by atoms with E-state index in [4.69, 9.17) is 32.9 Å². The second kappa shape index (κ2) is 47.8. The third-order valence-electron chi connectivity index (χ3n) is 15.9. The van der Waals surface area contributed by atoms with Gasteiger partial charge in [0, 0.05) is 26.2 Å². The van der Waals surface area contributed by atoms with Gasteiger partial charge in [-0.1, -0.05) is 207 Å². The third kappa shape index (κ3) is 34.2. The maximum atomic E-state index is 15.6. The van der Waals surface area contributed by atoms with E-state index < -0.39 is 106 Å². The van der Waals surface area contributed by atoms with Gasteiger partial charge >= 0.3 is 19.7 Å². The number of allylic oxidation sites excluding steroid dienone is 2. The minimum atomic E-state index is -5.29. The number of phosphoric acid groups is 1. The molecule has 0 aliphatic carbocycles. The van der Waals surface area contributed by atoms with Crippen LogP contribution in [0.15, 0.2) is 12.2 Å². The first kappa shape index (κ1) is 76.9. The summed E-state index contributed by atoms with van der Waals surface area (Å²) >= 11 is 0. The SMILES string of the molecule is CCCCCC/C=C\CCCCCCO[C@H](CCCCCCC)CCO[C@@H]1[C@@H](NC=O)[C@H](OC[C@H]2O[C@H](C(=O)O)[C@H](NC(=O)C(F)(F)CCCCCCCCCCCC)[C@@H](OCCCCCCCCCC)[C@@H]2O)O[C@H](CO)[C@H]1OP(=O)(O)O. The van der Waals surface area contributed by atoms with Crippen molar-refractivity contribution in [3.8, 4) is 0 Å². The van der Waals surface area contributed by atoms with Crippen molar-refractivity contribution >= 4 is 26.1 Å². The number of carbonyl (C=O) groups is 3. The summed E-state index contributed by atoms with van der Waals surface area (Å²) in [5.74, 6) is -7.23. The van der Waals surface area contributed by atoms with E-state index in [1.807, 2.05) is 0 Å². The number of alkyl halides is 2. The largest absolute Gasteiger partial charge is 0.479 e. The number of aliphatic carboxylic acids is 1. The van der Waals surface area contributed by atoms with Crippen LogP contribution in [0.3, 0.4) is 0 Å². The van der Waals surface area contributed by atoms with Crippen molar-refractivity contribution in [1.82, 2.24) is 10.6 Å². The van der Waals surface area contributed by atoms with E-state index in [-0.39, 0.29) is 25.7 Å². The zero-order valence-electron chi connectivity index (χ0n) is 51.5. The number of halogens is 2. The van der Waals surface area contributed by atoms with Crippen LogP contribution in [0.1, 0.15) is 259 Å². The first-order valence-corrected chi connectivity index (χ1v) is 34.2.